The standard InChI is InChI=1S/C17H22ClN5O3S2/c1-13-12-15(21-8-10-26-11-9-21)20-17(19-13)22-4-6-23(7-5-22)28(24,25)16-3-2-14(18)27-16/h2-3,12H,4-11H2,1H3. The van der Waals surface area contributed by atoms with E-state index in [2.05, 4.69) is 9.88 Å². The van der Waals surface area contributed by atoms with Gasteiger partial charge in [-0.1, -0.05) is 11.6 Å². The van der Waals surface area contributed by atoms with Crippen molar-refractivity contribution < 1.29 is 13.2 Å². The van der Waals surface area contributed by atoms with E-state index in [0.717, 1.165) is 35.9 Å². The lowest BCUT2D eigenvalue weighted by atomic mass is 10.3. The largest absolute Gasteiger partial charge is 0.378 e. The molecule has 0 N–H and O–H groups in total. The van der Waals surface area contributed by atoms with Crippen LogP contribution in [0.3, 0.4) is 0 Å². The zero-order chi connectivity index (χ0) is 19.7. The lowest BCUT2D eigenvalue weighted by Gasteiger charge is -2.34. The fourth-order valence-corrected chi connectivity index (χ4v) is 6.38. The number of anilines is 2. The number of hydrogen-bond donors (Lipinski definition) is 0. The van der Waals surface area contributed by atoms with E-state index in [9.17, 15) is 8.42 Å². The molecule has 0 saturated carbocycles. The molecule has 2 fully saturated rings. The van der Waals surface area contributed by atoms with Crippen LogP contribution in [0.4, 0.5) is 11.8 Å². The summed E-state index contributed by atoms with van der Waals surface area (Å²) in [4.78, 5) is 13.5. The van der Waals surface area contributed by atoms with Crippen LogP contribution in [-0.2, 0) is 14.8 Å². The highest BCUT2D eigenvalue weighted by atomic mass is 35.5. The minimum Gasteiger partial charge on any atom is -0.378 e. The van der Waals surface area contributed by atoms with Crippen LogP contribution in [0.1, 0.15) is 5.69 Å². The molecule has 0 atom stereocenters. The van der Waals surface area contributed by atoms with Gasteiger partial charge in [-0.05, 0) is 19.1 Å². The van der Waals surface area contributed by atoms with Crippen LogP contribution in [0, 0.1) is 6.92 Å². The first-order valence-electron chi connectivity index (χ1n) is 9.12. The molecule has 11 heteroatoms. The number of rotatable bonds is 4. The van der Waals surface area contributed by atoms with Gasteiger partial charge in [0.25, 0.3) is 10.0 Å². The summed E-state index contributed by atoms with van der Waals surface area (Å²) in [6.45, 7) is 6.84. The Bertz CT molecular complexity index is 938. The van der Waals surface area contributed by atoms with Crippen LogP contribution < -0.4 is 9.80 Å². The number of nitrogens with zero attached hydrogens (tertiary/aromatic N) is 5. The lowest BCUT2D eigenvalue weighted by Crippen LogP contribution is -2.49. The van der Waals surface area contributed by atoms with Gasteiger partial charge in [0.05, 0.1) is 17.6 Å². The number of ether oxygens (including phenoxy) is 1. The number of aryl methyl sites for hydroxylation is 1. The minimum atomic E-state index is -3.50. The van der Waals surface area contributed by atoms with Gasteiger partial charge in [0.2, 0.25) is 5.95 Å². The second kappa shape index (κ2) is 8.11. The van der Waals surface area contributed by atoms with E-state index in [4.69, 9.17) is 21.3 Å². The van der Waals surface area contributed by atoms with Gasteiger partial charge in [-0.15, -0.1) is 11.3 Å². The summed E-state index contributed by atoms with van der Waals surface area (Å²) in [7, 11) is -3.50. The number of halogens is 1. The van der Waals surface area contributed by atoms with Crippen molar-refractivity contribution in [3.63, 3.8) is 0 Å². The van der Waals surface area contributed by atoms with Gasteiger partial charge in [0.1, 0.15) is 10.0 Å². The summed E-state index contributed by atoms with van der Waals surface area (Å²) < 4.78 is 33.2. The molecule has 0 aliphatic carbocycles. The average molecular weight is 444 g/mol. The molecule has 0 bridgehead atoms. The van der Waals surface area contributed by atoms with Crippen molar-refractivity contribution in [2.45, 2.75) is 11.1 Å². The normalized spacial score (nSPS) is 19.2. The molecular weight excluding hydrogens is 422 g/mol. The zero-order valence-electron chi connectivity index (χ0n) is 15.5. The monoisotopic (exact) mass is 443 g/mol. The SMILES string of the molecule is Cc1cc(N2CCOCC2)nc(N2CCN(S(=O)(=O)c3ccc(Cl)s3)CC2)n1. The maximum atomic E-state index is 12.8. The van der Waals surface area contributed by atoms with E-state index in [1.165, 1.54) is 4.31 Å². The van der Waals surface area contributed by atoms with Gasteiger partial charge >= 0.3 is 0 Å². The summed E-state index contributed by atoms with van der Waals surface area (Å²) >= 11 is 6.99. The highest BCUT2D eigenvalue weighted by molar-refractivity contribution is 7.91. The molecule has 0 radical (unpaired) electrons. The topological polar surface area (TPSA) is 78.9 Å². The summed E-state index contributed by atoms with van der Waals surface area (Å²) in [6.07, 6.45) is 0. The Balaban J connectivity index is 1.47. The van der Waals surface area contributed by atoms with Crippen LogP contribution in [0.2, 0.25) is 4.34 Å². The molecule has 4 heterocycles. The Labute approximate surface area is 173 Å². The molecule has 2 aromatic heterocycles. The van der Waals surface area contributed by atoms with Crippen molar-refractivity contribution in [1.29, 1.82) is 0 Å². The molecule has 2 aliphatic heterocycles. The highest BCUT2D eigenvalue weighted by Crippen LogP contribution is 2.29. The third-order valence-electron chi connectivity index (χ3n) is 4.83. The Morgan fingerprint density at radius 1 is 1.04 bits per heavy atom. The summed E-state index contributed by atoms with van der Waals surface area (Å²) in [6, 6.07) is 5.16. The summed E-state index contributed by atoms with van der Waals surface area (Å²) in [5.41, 5.74) is 0.898. The Morgan fingerprint density at radius 2 is 1.75 bits per heavy atom. The molecule has 4 rings (SSSR count). The highest BCUT2D eigenvalue weighted by Gasteiger charge is 2.30. The maximum absolute atomic E-state index is 12.8. The molecule has 2 aromatic rings. The molecule has 0 amide bonds. The fourth-order valence-electron chi connectivity index (χ4n) is 3.32. The van der Waals surface area contributed by atoms with Gasteiger partial charge in [-0.2, -0.15) is 9.29 Å². The van der Waals surface area contributed by atoms with E-state index < -0.39 is 10.0 Å². The second-order valence-corrected chi connectivity index (χ2v) is 10.6. The van der Waals surface area contributed by atoms with Crippen LogP contribution in [-0.4, -0.2) is 75.2 Å². The third-order valence-corrected chi connectivity index (χ3v) is 8.43. The summed E-state index contributed by atoms with van der Waals surface area (Å²) in [5.74, 6) is 1.55. The molecule has 2 saturated heterocycles. The van der Waals surface area contributed by atoms with Crippen LogP contribution in [0.25, 0.3) is 0 Å². The average Bonchev–Trinajstić information content (AvgIpc) is 3.15. The molecule has 8 nitrogen and oxygen atoms in total. The van der Waals surface area contributed by atoms with Crippen molar-refractivity contribution in [2.75, 3.05) is 62.3 Å². The Morgan fingerprint density at radius 3 is 2.39 bits per heavy atom. The van der Waals surface area contributed by atoms with Crippen molar-refractivity contribution >= 4 is 44.7 Å². The smallest absolute Gasteiger partial charge is 0.252 e. The molecule has 28 heavy (non-hydrogen) atoms. The summed E-state index contributed by atoms with van der Waals surface area (Å²) in [5, 5.41) is 0. The third kappa shape index (κ3) is 4.11. The number of sulfonamides is 1. The second-order valence-electron chi connectivity index (χ2n) is 6.72. The van der Waals surface area contributed by atoms with Gasteiger partial charge in [0, 0.05) is 51.0 Å². The van der Waals surface area contributed by atoms with Crippen LogP contribution >= 0.6 is 22.9 Å². The Hall–Kier alpha value is -1.46. The zero-order valence-corrected chi connectivity index (χ0v) is 17.9. The maximum Gasteiger partial charge on any atom is 0.252 e. The first kappa shape index (κ1) is 19.8. The quantitative estimate of drug-likeness (QED) is 0.713. The number of hydrogen-bond acceptors (Lipinski definition) is 8. The molecule has 152 valence electrons. The fraction of sp³-hybridized carbons (Fsp3) is 0.529. The predicted octanol–water partition coefficient (Wildman–Crippen LogP) is 1.85. The van der Waals surface area contributed by atoms with Crippen molar-refractivity contribution in [3.8, 4) is 0 Å². The molecule has 0 aromatic carbocycles. The predicted molar refractivity (Wildman–Crippen MR) is 110 cm³/mol. The minimum absolute atomic E-state index is 0.285. The van der Waals surface area contributed by atoms with E-state index in [0.29, 0.717) is 49.7 Å². The molecular formula is C17H22ClN5O3S2. The number of thiophene rings is 1. The number of piperazine rings is 1. The van der Waals surface area contributed by atoms with Crippen LogP contribution in [0.5, 0.6) is 0 Å². The van der Waals surface area contributed by atoms with E-state index in [1.54, 1.807) is 12.1 Å². The molecule has 2 aliphatic rings. The van der Waals surface area contributed by atoms with Gasteiger partial charge in [-0.3, -0.25) is 0 Å². The first-order valence-corrected chi connectivity index (χ1v) is 11.8. The van der Waals surface area contributed by atoms with Crippen molar-refractivity contribution in [1.82, 2.24) is 14.3 Å². The van der Waals surface area contributed by atoms with E-state index in [1.807, 2.05) is 17.9 Å². The molecule has 0 unspecified atom stereocenters. The molecule has 0 spiro atoms. The van der Waals surface area contributed by atoms with Crippen molar-refractivity contribution in [2.24, 2.45) is 0 Å². The first-order chi connectivity index (χ1) is 13.4. The lowest BCUT2D eigenvalue weighted by molar-refractivity contribution is 0.122. The van der Waals surface area contributed by atoms with Gasteiger partial charge in [-0.25, -0.2) is 13.4 Å². The van der Waals surface area contributed by atoms with E-state index in [-0.39, 0.29) is 4.21 Å². The van der Waals surface area contributed by atoms with Crippen molar-refractivity contribution in [3.05, 3.63) is 28.2 Å². The number of aromatic nitrogens is 2. The Kier molecular flexibility index (Phi) is 5.75. The van der Waals surface area contributed by atoms with Gasteiger partial charge in [0.15, 0.2) is 0 Å². The van der Waals surface area contributed by atoms with Gasteiger partial charge < -0.3 is 14.5 Å². The number of morpholine rings is 1. The van der Waals surface area contributed by atoms with Crippen LogP contribution in [0.15, 0.2) is 22.4 Å². The van der Waals surface area contributed by atoms with E-state index >= 15 is 0 Å².